The molecule has 5 heteroatoms. The maximum absolute atomic E-state index is 9.26. The van der Waals surface area contributed by atoms with E-state index in [9.17, 15) is 5.26 Å². The summed E-state index contributed by atoms with van der Waals surface area (Å²) in [5.41, 5.74) is 5.02. The first-order valence-electron chi connectivity index (χ1n) is 9.57. The molecule has 1 aliphatic carbocycles. The fourth-order valence-electron chi connectivity index (χ4n) is 4.19. The summed E-state index contributed by atoms with van der Waals surface area (Å²) >= 11 is 3.92. The number of rotatable bonds is 2. The first-order chi connectivity index (χ1) is 13.5. The first kappa shape index (κ1) is 19.2. The molecule has 0 N–H and O–H groups in total. The number of allylic oxidation sites excluding steroid dienone is 5. The average Bonchev–Trinajstić information content (AvgIpc) is 2.67. The third kappa shape index (κ3) is 3.88. The van der Waals surface area contributed by atoms with Crippen LogP contribution in [0.15, 0.2) is 50.9 Å². The summed E-state index contributed by atoms with van der Waals surface area (Å²) in [6, 6.07) is 6.68. The van der Waals surface area contributed by atoms with Crippen molar-refractivity contribution in [1.29, 1.82) is 5.26 Å². The minimum Gasteiger partial charge on any atom is -0.368 e. The molecule has 3 nitrogen and oxygen atoms in total. The maximum Gasteiger partial charge on any atom is 0.265 e. The highest BCUT2D eigenvalue weighted by Gasteiger charge is 2.27. The van der Waals surface area contributed by atoms with Gasteiger partial charge in [0.1, 0.15) is 0 Å². The molecule has 1 aromatic carbocycles. The number of hydrogen-bond donors (Lipinski definition) is 0. The van der Waals surface area contributed by atoms with E-state index in [0.717, 1.165) is 43.0 Å². The van der Waals surface area contributed by atoms with Crippen LogP contribution in [-0.2, 0) is 0 Å². The summed E-state index contributed by atoms with van der Waals surface area (Å²) in [5, 5.41) is 9.26. The van der Waals surface area contributed by atoms with Crippen molar-refractivity contribution >= 4 is 35.3 Å². The van der Waals surface area contributed by atoms with Gasteiger partial charge in [-0.15, -0.1) is 23.5 Å². The molecule has 2 aliphatic heterocycles. The van der Waals surface area contributed by atoms with Crippen LogP contribution in [0.4, 0.5) is 5.69 Å². The summed E-state index contributed by atoms with van der Waals surface area (Å²) in [7, 11) is 0. The number of anilines is 1. The van der Waals surface area contributed by atoms with E-state index in [1.807, 2.05) is 29.6 Å². The molecule has 0 amide bonds. The Morgan fingerprint density at radius 3 is 2.46 bits per heavy atom. The van der Waals surface area contributed by atoms with Crippen molar-refractivity contribution in [1.82, 2.24) is 0 Å². The Balaban J connectivity index is 1.67. The van der Waals surface area contributed by atoms with Gasteiger partial charge in [0.25, 0.3) is 5.70 Å². The second-order valence-corrected chi connectivity index (χ2v) is 10.5. The first-order valence-corrected chi connectivity index (χ1v) is 11.5. The molecule has 0 radical (unpaired) electrons. The predicted molar refractivity (Wildman–Crippen MR) is 119 cm³/mol. The highest BCUT2D eigenvalue weighted by molar-refractivity contribution is 8.00. The summed E-state index contributed by atoms with van der Waals surface area (Å²) in [6.07, 6.45) is 8.15. The lowest BCUT2D eigenvalue weighted by Crippen LogP contribution is -2.34. The lowest BCUT2D eigenvalue weighted by molar-refractivity contribution is 0.354. The number of hydrogen-bond acceptors (Lipinski definition) is 4. The van der Waals surface area contributed by atoms with E-state index in [4.69, 9.17) is 6.57 Å². The zero-order valence-corrected chi connectivity index (χ0v) is 17.9. The van der Waals surface area contributed by atoms with E-state index in [1.165, 1.54) is 26.6 Å². The van der Waals surface area contributed by atoms with E-state index in [0.29, 0.717) is 0 Å². The Bertz CT molecular complexity index is 939. The Labute approximate surface area is 176 Å². The van der Waals surface area contributed by atoms with Crippen molar-refractivity contribution in [2.24, 2.45) is 5.41 Å². The quantitative estimate of drug-likeness (QED) is 0.435. The van der Waals surface area contributed by atoms with Crippen LogP contribution < -0.4 is 4.90 Å². The van der Waals surface area contributed by atoms with Crippen LogP contribution in [0.3, 0.4) is 0 Å². The molecular formula is C23H23N3S2. The molecular weight excluding hydrogens is 382 g/mol. The van der Waals surface area contributed by atoms with Gasteiger partial charge in [0, 0.05) is 34.4 Å². The maximum atomic E-state index is 9.26. The highest BCUT2D eigenvalue weighted by atomic mass is 32.2. The topological polar surface area (TPSA) is 31.4 Å². The van der Waals surface area contributed by atoms with Gasteiger partial charge in [-0.2, -0.15) is 0 Å². The van der Waals surface area contributed by atoms with Crippen LogP contribution >= 0.6 is 23.5 Å². The van der Waals surface area contributed by atoms with Gasteiger partial charge in [-0.05, 0) is 47.1 Å². The van der Waals surface area contributed by atoms with Gasteiger partial charge >= 0.3 is 0 Å². The summed E-state index contributed by atoms with van der Waals surface area (Å²) in [6.45, 7) is 14.0. The number of thioether (sulfide) groups is 2. The molecule has 0 saturated carbocycles. The van der Waals surface area contributed by atoms with Crippen LogP contribution in [-0.4, -0.2) is 24.6 Å². The highest BCUT2D eigenvalue weighted by Crippen LogP contribution is 2.45. The van der Waals surface area contributed by atoms with Gasteiger partial charge in [-0.25, -0.2) is 10.1 Å². The molecule has 0 atom stereocenters. The number of benzene rings is 1. The standard InChI is InChI=1S/C23H23N3S2/c1-23(2)13-17(10-18(14-23)19(15-24)25-3)5-4-16-11-20-22-21(12-16)28-9-7-26(22)6-8-27-20/h4-5,10-12H,6-9,13-14H2,1-2H3/b5-4+,19-18-. The Hall–Kier alpha value is -2.08. The molecule has 0 bridgehead atoms. The van der Waals surface area contributed by atoms with Gasteiger partial charge in [-0.3, -0.25) is 0 Å². The molecule has 3 aliphatic rings. The Morgan fingerprint density at radius 2 is 1.86 bits per heavy atom. The molecule has 28 heavy (non-hydrogen) atoms. The van der Waals surface area contributed by atoms with E-state index in [1.54, 1.807) is 0 Å². The molecule has 0 unspecified atom stereocenters. The number of nitriles is 1. The van der Waals surface area contributed by atoms with Gasteiger partial charge in [0.2, 0.25) is 0 Å². The van der Waals surface area contributed by atoms with Crippen molar-refractivity contribution in [2.75, 3.05) is 29.5 Å². The molecule has 0 aromatic heterocycles. The van der Waals surface area contributed by atoms with Gasteiger partial charge in [0.05, 0.1) is 18.3 Å². The average molecular weight is 406 g/mol. The molecule has 0 saturated heterocycles. The van der Waals surface area contributed by atoms with Gasteiger partial charge in [0.15, 0.2) is 0 Å². The van der Waals surface area contributed by atoms with Crippen molar-refractivity contribution in [2.45, 2.75) is 36.5 Å². The Morgan fingerprint density at radius 1 is 1.18 bits per heavy atom. The number of nitrogens with zero attached hydrogens (tertiary/aromatic N) is 3. The molecule has 2 heterocycles. The van der Waals surface area contributed by atoms with Crippen molar-refractivity contribution < 1.29 is 0 Å². The SMILES string of the molecule is [C-]#[N+]/C(C#N)=C1C=C(/C=C/c2cc3c4c(c2)SCCN4CCS3)CC(C)(C)C/1. The molecule has 142 valence electrons. The smallest absolute Gasteiger partial charge is 0.265 e. The van der Waals surface area contributed by atoms with Crippen molar-refractivity contribution in [3.05, 3.63) is 58.1 Å². The Kier molecular flexibility index (Phi) is 5.32. The van der Waals surface area contributed by atoms with Crippen LogP contribution in [0.25, 0.3) is 10.9 Å². The second kappa shape index (κ2) is 7.74. The third-order valence-corrected chi connectivity index (χ3v) is 7.36. The zero-order valence-electron chi connectivity index (χ0n) is 16.3. The van der Waals surface area contributed by atoms with E-state index in [-0.39, 0.29) is 11.1 Å². The van der Waals surface area contributed by atoms with Crippen molar-refractivity contribution in [3.63, 3.8) is 0 Å². The van der Waals surface area contributed by atoms with Gasteiger partial charge < -0.3 is 4.90 Å². The fraction of sp³-hybridized carbons (Fsp3) is 0.391. The van der Waals surface area contributed by atoms with Crippen LogP contribution in [0.1, 0.15) is 32.3 Å². The molecule has 0 spiro atoms. The second-order valence-electron chi connectivity index (χ2n) is 8.22. The lowest BCUT2D eigenvalue weighted by atomic mass is 9.74. The summed E-state index contributed by atoms with van der Waals surface area (Å²) in [4.78, 5) is 8.75. The van der Waals surface area contributed by atoms with Crippen LogP contribution in [0, 0.1) is 23.3 Å². The molecule has 0 fully saturated rings. The fourth-order valence-corrected chi connectivity index (χ4v) is 6.50. The minimum absolute atomic E-state index is 0.0601. The van der Waals surface area contributed by atoms with E-state index < -0.39 is 0 Å². The van der Waals surface area contributed by atoms with Gasteiger partial charge in [-0.1, -0.05) is 32.1 Å². The minimum atomic E-state index is 0.0601. The van der Waals surface area contributed by atoms with E-state index >= 15 is 0 Å². The molecule has 4 rings (SSSR count). The van der Waals surface area contributed by atoms with Crippen LogP contribution in [0.5, 0.6) is 0 Å². The predicted octanol–water partition coefficient (Wildman–Crippen LogP) is 6.16. The monoisotopic (exact) mass is 405 g/mol. The largest absolute Gasteiger partial charge is 0.368 e. The third-order valence-electron chi connectivity index (χ3n) is 5.34. The zero-order chi connectivity index (χ0) is 19.7. The van der Waals surface area contributed by atoms with Crippen molar-refractivity contribution in [3.8, 4) is 6.07 Å². The normalized spacial score (nSPS) is 22.1. The lowest BCUT2D eigenvalue weighted by Gasteiger charge is -2.36. The summed E-state index contributed by atoms with van der Waals surface area (Å²) < 4.78 is 0. The summed E-state index contributed by atoms with van der Waals surface area (Å²) in [5.74, 6) is 2.32. The molecule has 1 aromatic rings. The van der Waals surface area contributed by atoms with Crippen LogP contribution in [0.2, 0.25) is 0 Å². The van der Waals surface area contributed by atoms with E-state index in [2.05, 4.69) is 53.9 Å².